The molecule has 0 unspecified atom stereocenters. The molecule has 22 heavy (non-hydrogen) atoms. The van der Waals surface area contributed by atoms with E-state index in [0.29, 0.717) is 25.6 Å². The van der Waals surface area contributed by atoms with E-state index in [0.717, 1.165) is 37.4 Å². The fourth-order valence-electron chi connectivity index (χ4n) is 2.33. The molecular formula is C16H25N3O3. The number of ether oxygens (including phenoxy) is 2. The van der Waals surface area contributed by atoms with Gasteiger partial charge in [0, 0.05) is 39.0 Å². The maximum Gasteiger partial charge on any atom is 0.317 e. The van der Waals surface area contributed by atoms with Crippen LogP contribution in [0.1, 0.15) is 25.3 Å². The van der Waals surface area contributed by atoms with Crippen molar-refractivity contribution in [1.82, 2.24) is 15.2 Å². The molecule has 0 bridgehead atoms. The molecule has 0 atom stereocenters. The van der Waals surface area contributed by atoms with Gasteiger partial charge in [-0.05, 0) is 24.3 Å². The number of amides is 2. The monoisotopic (exact) mass is 307 g/mol. The van der Waals surface area contributed by atoms with Crippen LogP contribution in [0.5, 0.6) is 5.88 Å². The summed E-state index contributed by atoms with van der Waals surface area (Å²) in [6, 6.07) is 3.72. The molecule has 1 aromatic heterocycles. The van der Waals surface area contributed by atoms with Crippen molar-refractivity contribution in [3.63, 3.8) is 0 Å². The molecule has 1 aliphatic rings. The van der Waals surface area contributed by atoms with Crippen molar-refractivity contribution in [3.05, 3.63) is 23.9 Å². The lowest BCUT2D eigenvalue weighted by atomic mass is 10.00. The zero-order valence-electron chi connectivity index (χ0n) is 13.4. The van der Waals surface area contributed by atoms with Gasteiger partial charge in [0.1, 0.15) is 6.61 Å². The number of rotatable bonds is 6. The highest BCUT2D eigenvalue weighted by molar-refractivity contribution is 5.74. The molecule has 1 saturated heterocycles. The molecule has 1 aliphatic heterocycles. The summed E-state index contributed by atoms with van der Waals surface area (Å²) in [5.41, 5.74) is 0.956. The second-order valence-corrected chi connectivity index (χ2v) is 5.67. The van der Waals surface area contributed by atoms with Crippen LogP contribution >= 0.6 is 0 Å². The third-order valence-corrected chi connectivity index (χ3v) is 3.85. The summed E-state index contributed by atoms with van der Waals surface area (Å²) in [5, 5.41) is 2.94. The number of hydrogen-bond donors (Lipinski definition) is 1. The number of nitrogens with zero attached hydrogens (tertiary/aromatic N) is 2. The summed E-state index contributed by atoms with van der Waals surface area (Å²) in [7, 11) is 1.63. The van der Waals surface area contributed by atoms with Gasteiger partial charge in [-0.15, -0.1) is 0 Å². The van der Waals surface area contributed by atoms with Crippen molar-refractivity contribution in [2.24, 2.45) is 5.92 Å². The average Bonchev–Trinajstić information content (AvgIpc) is 2.55. The number of likely N-dealkylation sites (tertiary alicyclic amines) is 1. The highest BCUT2D eigenvalue weighted by Gasteiger charge is 2.19. The lowest BCUT2D eigenvalue weighted by molar-refractivity contribution is 0.143. The summed E-state index contributed by atoms with van der Waals surface area (Å²) in [6.07, 6.45) is 3.89. The van der Waals surface area contributed by atoms with Crippen LogP contribution in [0.2, 0.25) is 0 Å². The summed E-state index contributed by atoms with van der Waals surface area (Å²) in [5.74, 6) is 1.29. The van der Waals surface area contributed by atoms with E-state index in [1.165, 1.54) is 0 Å². The Morgan fingerprint density at radius 2 is 2.14 bits per heavy atom. The molecule has 6 nitrogen and oxygen atoms in total. The van der Waals surface area contributed by atoms with E-state index in [1.54, 1.807) is 19.4 Å². The van der Waals surface area contributed by atoms with E-state index in [2.05, 4.69) is 17.2 Å². The Morgan fingerprint density at radius 3 is 2.77 bits per heavy atom. The van der Waals surface area contributed by atoms with E-state index in [9.17, 15) is 4.79 Å². The van der Waals surface area contributed by atoms with Crippen LogP contribution in [0, 0.1) is 5.92 Å². The lowest BCUT2D eigenvalue weighted by Gasteiger charge is -2.30. The first kappa shape index (κ1) is 16.5. The molecule has 0 radical (unpaired) electrons. The molecule has 0 aromatic carbocycles. The van der Waals surface area contributed by atoms with Crippen LogP contribution in [0.3, 0.4) is 0 Å². The highest BCUT2D eigenvalue weighted by atomic mass is 16.5. The van der Waals surface area contributed by atoms with Gasteiger partial charge in [-0.25, -0.2) is 9.78 Å². The fourth-order valence-corrected chi connectivity index (χ4v) is 2.33. The predicted octanol–water partition coefficient (Wildman–Crippen LogP) is 2.05. The molecule has 0 aliphatic carbocycles. The van der Waals surface area contributed by atoms with Crippen LogP contribution in [-0.2, 0) is 11.3 Å². The van der Waals surface area contributed by atoms with Crippen molar-refractivity contribution in [2.75, 3.05) is 33.4 Å². The molecule has 2 amide bonds. The summed E-state index contributed by atoms with van der Waals surface area (Å²) in [6.45, 7) is 5.42. The van der Waals surface area contributed by atoms with E-state index < -0.39 is 0 Å². The Bertz CT molecular complexity index is 456. The minimum Gasteiger partial charge on any atom is -0.475 e. The van der Waals surface area contributed by atoms with Gasteiger partial charge in [0.2, 0.25) is 5.88 Å². The smallest absolute Gasteiger partial charge is 0.317 e. The Hall–Kier alpha value is -1.82. The molecule has 1 fully saturated rings. The van der Waals surface area contributed by atoms with Gasteiger partial charge in [0.05, 0.1) is 6.61 Å². The summed E-state index contributed by atoms with van der Waals surface area (Å²) >= 11 is 0. The number of aromatic nitrogens is 1. The van der Waals surface area contributed by atoms with Crippen LogP contribution in [0.25, 0.3) is 0 Å². The second kappa shape index (κ2) is 8.58. The number of carbonyl (C=O) groups excluding carboxylic acids is 1. The zero-order chi connectivity index (χ0) is 15.8. The van der Waals surface area contributed by atoms with Crippen LogP contribution in [0.15, 0.2) is 18.3 Å². The van der Waals surface area contributed by atoms with Crippen molar-refractivity contribution in [3.8, 4) is 5.88 Å². The van der Waals surface area contributed by atoms with Gasteiger partial charge >= 0.3 is 6.03 Å². The van der Waals surface area contributed by atoms with Crippen molar-refractivity contribution in [2.45, 2.75) is 26.3 Å². The third-order valence-electron chi connectivity index (χ3n) is 3.85. The average molecular weight is 307 g/mol. The Morgan fingerprint density at radius 1 is 1.36 bits per heavy atom. The summed E-state index contributed by atoms with van der Waals surface area (Å²) < 4.78 is 10.3. The Labute approximate surface area is 131 Å². The molecule has 0 saturated carbocycles. The topological polar surface area (TPSA) is 63.7 Å². The fraction of sp³-hybridized carbons (Fsp3) is 0.625. The molecule has 2 rings (SSSR count). The minimum absolute atomic E-state index is 0.00678. The minimum atomic E-state index is 0.00678. The van der Waals surface area contributed by atoms with Gasteiger partial charge in [-0.1, -0.05) is 13.0 Å². The van der Waals surface area contributed by atoms with Gasteiger partial charge in [0.15, 0.2) is 0 Å². The number of methoxy groups -OCH3 is 1. The van der Waals surface area contributed by atoms with Gasteiger partial charge in [-0.2, -0.15) is 0 Å². The van der Waals surface area contributed by atoms with Crippen LogP contribution in [-0.4, -0.2) is 49.3 Å². The predicted molar refractivity (Wildman–Crippen MR) is 83.8 cm³/mol. The van der Waals surface area contributed by atoms with E-state index in [-0.39, 0.29) is 6.03 Å². The maximum absolute atomic E-state index is 12.1. The van der Waals surface area contributed by atoms with Crippen LogP contribution < -0.4 is 10.1 Å². The quantitative estimate of drug-likeness (QED) is 0.817. The maximum atomic E-state index is 12.1. The number of nitrogens with one attached hydrogen (secondary N) is 1. The zero-order valence-corrected chi connectivity index (χ0v) is 13.4. The molecule has 122 valence electrons. The van der Waals surface area contributed by atoms with E-state index in [4.69, 9.17) is 9.47 Å². The largest absolute Gasteiger partial charge is 0.475 e. The normalized spacial score (nSPS) is 15.6. The summed E-state index contributed by atoms with van der Waals surface area (Å²) in [4.78, 5) is 18.2. The van der Waals surface area contributed by atoms with Crippen molar-refractivity contribution >= 4 is 6.03 Å². The molecule has 0 spiro atoms. The highest BCUT2D eigenvalue weighted by Crippen LogP contribution is 2.16. The third kappa shape index (κ3) is 5.18. The first-order valence-corrected chi connectivity index (χ1v) is 7.78. The lowest BCUT2D eigenvalue weighted by Crippen LogP contribution is -2.43. The number of carbonyl (C=O) groups is 1. The van der Waals surface area contributed by atoms with E-state index >= 15 is 0 Å². The Balaban J connectivity index is 1.73. The number of urea groups is 1. The second-order valence-electron chi connectivity index (χ2n) is 5.67. The van der Waals surface area contributed by atoms with Crippen molar-refractivity contribution < 1.29 is 14.3 Å². The van der Waals surface area contributed by atoms with E-state index in [1.807, 2.05) is 11.0 Å². The molecule has 6 heteroatoms. The number of hydrogen-bond acceptors (Lipinski definition) is 4. The first-order chi connectivity index (χ1) is 10.7. The molecule has 1 aromatic rings. The Kier molecular flexibility index (Phi) is 6.45. The SMILES string of the molecule is COCCOc1ccc(CNC(=O)N2CCC(C)CC2)cn1. The standard InChI is InChI=1S/C16H25N3O3/c1-13-5-7-19(8-6-13)16(20)18-12-14-3-4-15(17-11-14)22-10-9-21-2/h3-4,11,13H,5-10,12H2,1-2H3,(H,18,20). The molecular weight excluding hydrogens is 282 g/mol. The molecule has 1 N–H and O–H groups in total. The van der Waals surface area contributed by atoms with Gasteiger partial charge < -0.3 is 19.7 Å². The first-order valence-electron chi connectivity index (χ1n) is 7.78. The van der Waals surface area contributed by atoms with Crippen molar-refractivity contribution in [1.29, 1.82) is 0 Å². The number of piperidine rings is 1. The molecule has 2 heterocycles. The van der Waals surface area contributed by atoms with Gasteiger partial charge in [-0.3, -0.25) is 0 Å². The number of pyridine rings is 1. The van der Waals surface area contributed by atoms with Gasteiger partial charge in [0.25, 0.3) is 0 Å². The van der Waals surface area contributed by atoms with Crippen LogP contribution in [0.4, 0.5) is 4.79 Å².